The molecule has 0 spiro atoms. The smallest absolute Gasteiger partial charge is 0.345 e. The zero-order valence-corrected chi connectivity index (χ0v) is 18.6. The van der Waals surface area contributed by atoms with Gasteiger partial charge < -0.3 is 13.7 Å². The first-order chi connectivity index (χ1) is 14.9. The first-order valence-electron chi connectivity index (χ1n) is 11.0. The second-order valence-electron chi connectivity index (χ2n) is 8.97. The Balaban J connectivity index is 1.49. The van der Waals surface area contributed by atoms with Crippen molar-refractivity contribution in [3.05, 3.63) is 64.0 Å². The van der Waals surface area contributed by atoms with Gasteiger partial charge in [0.05, 0.1) is 22.6 Å². The van der Waals surface area contributed by atoms with Gasteiger partial charge in [0.25, 0.3) is 0 Å². The summed E-state index contributed by atoms with van der Waals surface area (Å²) in [6.07, 6.45) is 6.06. The van der Waals surface area contributed by atoms with Crippen LogP contribution in [0.25, 0.3) is 27.9 Å². The third kappa shape index (κ3) is 3.65. The van der Waals surface area contributed by atoms with Crippen LogP contribution in [0.4, 0.5) is 0 Å². The molecule has 1 aromatic carbocycles. The summed E-state index contributed by atoms with van der Waals surface area (Å²) in [5.74, 6) is 0.515. The van der Waals surface area contributed by atoms with Gasteiger partial charge in [0.2, 0.25) is 0 Å². The van der Waals surface area contributed by atoms with Crippen LogP contribution in [-0.4, -0.2) is 38.4 Å². The van der Waals surface area contributed by atoms with Crippen molar-refractivity contribution in [3.63, 3.8) is 0 Å². The number of hydrogen-bond acceptors (Lipinski definition) is 5. The van der Waals surface area contributed by atoms with E-state index >= 15 is 0 Å². The molecule has 0 N–H and O–H groups in total. The van der Waals surface area contributed by atoms with Crippen LogP contribution in [-0.2, 0) is 0 Å². The first-order valence-corrected chi connectivity index (χ1v) is 11.0. The lowest BCUT2D eigenvalue weighted by Crippen LogP contribution is -2.37. The number of likely N-dealkylation sites (tertiary alicyclic amines) is 1. The second kappa shape index (κ2) is 7.61. The van der Waals surface area contributed by atoms with Gasteiger partial charge in [0.15, 0.2) is 5.65 Å². The van der Waals surface area contributed by atoms with Crippen LogP contribution in [0.3, 0.4) is 0 Å². The number of rotatable bonds is 3. The minimum atomic E-state index is -0.356. The maximum Gasteiger partial charge on any atom is 0.345 e. The Hall–Kier alpha value is -2.99. The van der Waals surface area contributed by atoms with Crippen LogP contribution in [0.2, 0.25) is 0 Å². The van der Waals surface area contributed by atoms with Gasteiger partial charge in [-0.2, -0.15) is 0 Å². The number of fused-ring (bicyclic) bond motifs is 2. The molecule has 160 valence electrons. The molecule has 0 bridgehead atoms. The Bertz CT molecular complexity index is 1330. The molecule has 4 heterocycles. The first kappa shape index (κ1) is 19.9. The highest BCUT2D eigenvalue weighted by molar-refractivity contribution is 5.82. The zero-order valence-electron chi connectivity index (χ0n) is 18.6. The average Bonchev–Trinajstić information content (AvgIpc) is 3.17. The van der Waals surface area contributed by atoms with Crippen LogP contribution >= 0.6 is 0 Å². The normalized spacial score (nSPS) is 16.0. The fourth-order valence-corrected chi connectivity index (χ4v) is 4.74. The Labute approximate surface area is 181 Å². The molecule has 1 aliphatic heterocycles. The number of imidazole rings is 1. The van der Waals surface area contributed by atoms with Gasteiger partial charge in [0, 0.05) is 23.8 Å². The third-order valence-corrected chi connectivity index (χ3v) is 6.49. The largest absolute Gasteiger partial charge is 0.422 e. The number of piperidine rings is 1. The van der Waals surface area contributed by atoms with Gasteiger partial charge >= 0.3 is 5.63 Å². The SMILES string of the molecule is Cc1cn2cc(-c3cc4ccc(C5CCN(C(C)C)CC5)cc4oc3=O)nc2c(C)n1. The van der Waals surface area contributed by atoms with Crippen molar-refractivity contribution < 1.29 is 4.42 Å². The van der Waals surface area contributed by atoms with Gasteiger partial charge in [-0.05, 0) is 77.2 Å². The number of benzene rings is 1. The van der Waals surface area contributed by atoms with Gasteiger partial charge in [-0.25, -0.2) is 9.78 Å². The van der Waals surface area contributed by atoms with Crippen molar-refractivity contribution in [1.82, 2.24) is 19.3 Å². The molecule has 0 atom stereocenters. The fraction of sp³-hybridized carbons (Fsp3) is 0.400. The van der Waals surface area contributed by atoms with Crippen molar-refractivity contribution in [3.8, 4) is 11.3 Å². The zero-order chi connectivity index (χ0) is 21.7. The molecule has 0 amide bonds. The molecule has 3 aromatic heterocycles. The maximum atomic E-state index is 12.8. The standard InChI is InChI=1S/C25H28N4O2/c1-15(2)28-9-7-18(8-10-28)19-5-6-20-11-21(25(30)31-23(20)12-19)22-14-29-13-16(3)26-17(4)24(29)27-22/h5-6,11-15,18H,7-10H2,1-4H3. The summed E-state index contributed by atoms with van der Waals surface area (Å²) in [6.45, 7) is 10.6. The van der Waals surface area contributed by atoms with Gasteiger partial charge in [-0.1, -0.05) is 12.1 Å². The van der Waals surface area contributed by atoms with Crippen LogP contribution in [0.1, 0.15) is 49.6 Å². The molecule has 5 rings (SSSR count). The van der Waals surface area contributed by atoms with Crippen LogP contribution in [0.5, 0.6) is 0 Å². The molecule has 0 aliphatic carbocycles. The Morgan fingerprint density at radius 1 is 1.06 bits per heavy atom. The lowest BCUT2D eigenvalue weighted by molar-refractivity contribution is 0.172. The van der Waals surface area contributed by atoms with Gasteiger partial charge in [-0.15, -0.1) is 0 Å². The van der Waals surface area contributed by atoms with Crippen molar-refractivity contribution in [2.45, 2.75) is 52.5 Å². The summed E-state index contributed by atoms with van der Waals surface area (Å²) in [6, 6.07) is 8.79. The van der Waals surface area contributed by atoms with Crippen LogP contribution in [0, 0.1) is 13.8 Å². The summed E-state index contributed by atoms with van der Waals surface area (Å²) in [5, 5.41) is 0.918. The quantitative estimate of drug-likeness (QED) is 0.453. The molecule has 0 radical (unpaired) electrons. The van der Waals surface area contributed by atoms with E-state index in [1.165, 1.54) is 5.56 Å². The highest BCUT2D eigenvalue weighted by Gasteiger charge is 2.22. The molecule has 4 aromatic rings. The van der Waals surface area contributed by atoms with E-state index in [0.717, 1.165) is 48.4 Å². The topological polar surface area (TPSA) is 63.6 Å². The molecule has 0 unspecified atom stereocenters. The molecule has 31 heavy (non-hydrogen) atoms. The fourth-order valence-electron chi connectivity index (χ4n) is 4.74. The van der Waals surface area contributed by atoms with Crippen molar-refractivity contribution in [2.24, 2.45) is 0 Å². The molecule has 1 fully saturated rings. The van der Waals surface area contributed by atoms with E-state index in [2.05, 4.69) is 46.9 Å². The molecule has 6 nitrogen and oxygen atoms in total. The monoisotopic (exact) mass is 416 g/mol. The van der Waals surface area contributed by atoms with Crippen molar-refractivity contribution in [1.29, 1.82) is 0 Å². The maximum absolute atomic E-state index is 12.8. The van der Waals surface area contributed by atoms with E-state index in [9.17, 15) is 4.79 Å². The average molecular weight is 417 g/mol. The summed E-state index contributed by atoms with van der Waals surface area (Å²) in [7, 11) is 0. The number of nitrogens with zero attached hydrogens (tertiary/aromatic N) is 4. The molecular weight excluding hydrogens is 388 g/mol. The highest BCUT2D eigenvalue weighted by atomic mass is 16.4. The van der Waals surface area contributed by atoms with E-state index in [1.807, 2.05) is 36.7 Å². The summed E-state index contributed by atoms with van der Waals surface area (Å²) >= 11 is 0. The van der Waals surface area contributed by atoms with Gasteiger partial charge in [-0.3, -0.25) is 4.98 Å². The minimum absolute atomic E-state index is 0.356. The van der Waals surface area contributed by atoms with Gasteiger partial charge in [0.1, 0.15) is 5.58 Å². The predicted molar refractivity (Wildman–Crippen MR) is 123 cm³/mol. The number of hydrogen-bond donors (Lipinski definition) is 0. The van der Waals surface area contributed by atoms with Crippen LogP contribution in [0.15, 0.2) is 45.9 Å². The lowest BCUT2D eigenvalue weighted by Gasteiger charge is -2.34. The molecule has 6 heteroatoms. The lowest BCUT2D eigenvalue weighted by atomic mass is 9.88. The van der Waals surface area contributed by atoms with Crippen molar-refractivity contribution >= 4 is 16.6 Å². The second-order valence-corrected chi connectivity index (χ2v) is 8.97. The van der Waals surface area contributed by atoms with E-state index in [1.54, 1.807) is 0 Å². The Morgan fingerprint density at radius 2 is 1.84 bits per heavy atom. The van der Waals surface area contributed by atoms with E-state index < -0.39 is 0 Å². The minimum Gasteiger partial charge on any atom is -0.422 e. The van der Waals surface area contributed by atoms with E-state index in [-0.39, 0.29) is 5.63 Å². The third-order valence-electron chi connectivity index (χ3n) is 6.49. The molecule has 0 saturated carbocycles. The molecular formula is C25H28N4O2. The van der Waals surface area contributed by atoms with E-state index in [4.69, 9.17) is 4.42 Å². The van der Waals surface area contributed by atoms with Crippen molar-refractivity contribution in [2.75, 3.05) is 13.1 Å². The Morgan fingerprint density at radius 3 is 2.58 bits per heavy atom. The molecule has 1 aliphatic rings. The number of aryl methyl sites for hydroxylation is 2. The summed E-state index contributed by atoms with van der Waals surface area (Å²) in [5.41, 5.74) is 5.14. The number of aromatic nitrogens is 3. The van der Waals surface area contributed by atoms with E-state index in [0.29, 0.717) is 28.8 Å². The summed E-state index contributed by atoms with van der Waals surface area (Å²) < 4.78 is 7.68. The summed E-state index contributed by atoms with van der Waals surface area (Å²) in [4.78, 5) is 24.5. The van der Waals surface area contributed by atoms with Crippen LogP contribution < -0.4 is 5.63 Å². The Kier molecular flexibility index (Phi) is 4.89. The highest BCUT2D eigenvalue weighted by Crippen LogP contribution is 2.31. The molecule has 1 saturated heterocycles. The predicted octanol–water partition coefficient (Wildman–Crippen LogP) is 4.71.